The molecular weight excluding hydrogens is 306 g/mol. The number of rotatable bonds is 6. The molecule has 1 amide bonds. The number of aliphatic hydroxyl groups is 1. The highest BCUT2D eigenvalue weighted by Gasteiger charge is 2.06. The fourth-order valence-corrected chi connectivity index (χ4v) is 2.20. The highest BCUT2D eigenvalue weighted by molar-refractivity contribution is 5.91. The molecule has 0 saturated heterocycles. The van der Waals surface area contributed by atoms with Crippen molar-refractivity contribution < 1.29 is 14.3 Å². The quantitative estimate of drug-likeness (QED) is 0.649. The van der Waals surface area contributed by atoms with Gasteiger partial charge in [0.2, 0.25) is 11.8 Å². The molecule has 0 atom stereocenters. The van der Waals surface area contributed by atoms with Gasteiger partial charge in [0.1, 0.15) is 12.9 Å². The van der Waals surface area contributed by atoms with E-state index in [1.54, 1.807) is 18.4 Å². The molecule has 122 valence electrons. The molecule has 0 fully saturated rings. The number of amides is 1. The van der Waals surface area contributed by atoms with Crippen LogP contribution in [0.5, 0.6) is 0 Å². The topological polar surface area (TPSA) is 87.4 Å². The number of carbonyl (C=O) groups excluding carboxylic acids is 1. The zero-order valence-corrected chi connectivity index (χ0v) is 12.9. The molecule has 3 aromatic rings. The maximum Gasteiger partial charge on any atom is 0.250 e. The summed E-state index contributed by atoms with van der Waals surface area (Å²) in [4.78, 5) is 15.7. The largest absolute Gasteiger partial charge is 0.444 e. The van der Waals surface area contributed by atoms with E-state index in [4.69, 9.17) is 9.52 Å². The Hall–Kier alpha value is -3.12. The van der Waals surface area contributed by atoms with E-state index in [2.05, 4.69) is 15.6 Å². The van der Waals surface area contributed by atoms with Gasteiger partial charge in [-0.1, -0.05) is 24.3 Å². The smallest absolute Gasteiger partial charge is 0.250 e. The lowest BCUT2D eigenvalue weighted by Crippen LogP contribution is -2.15. The second kappa shape index (κ2) is 7.43. The standard InChI is InChI=1S/C18H17N3O3/c22-11-17(23)20-15-8-4-7-14(9-15)19-10-16-12-24-18(21-16)13-5-2-1-3-6-13/h1-9,12,19,22H,10-11H2,(H,20,23). The van der Waals surface area contributed by atoms with Crippen molar-refractivity contribution in [2.45, 2.75) is 6.54 Å². The lowest BCUT2D eigenvalue weighted by Gasteiger charge is -2.07. The van der Waals surface area contributed by atoms with Crippen molar-refractivity contribution in [3.63, 3.8) is 0 Å². The van der Waals surface area contributed by atoms with Crippen LogP contribution in [0.25, 0.3) is 11.5 Å². The van der Waals surface area contributed by atoms with E-state index in [-0.39, 0.29) is 0 Å². The molecule has 24 heavy (non-hydrogen) atoms. The maximum absolute atomic E-state index is 11.2. The van der Waals surface area contributed by atoms with Crippen LogP contribution in [0.1, 0.15) is 5.69 Å². The molecule has 0 saturated carbocycles. The predicted molar refractivity (Wildman–Crippen MR) is 91.4 cm³/mol. The average molecular weight is 323 g/mol. The van der Waals surface area contributed by atoms with Crippen LogP contribution in [0, 0.1) is 0 Å². The summed E-state index contributed by atoms with van der Waals surface area (Å²) in [5.41, 5.74) is 3.15. The molecule has 6 nitrogen and oxygen atoms in total. The van der Waals surface area contributed by atoms with Crippen LogP contribution in [0.2, 0.25) is 0 Å². The van der Waals surface area contributed by atoms with Crippen molar-refractivity contribution in [3.05, 3.63) is 66.6 Å². The van der Waals surface area contributed by atoms with E-state index in [1.807, 2.05) is 42.5 Å². The number of carbonyl (C=O) groups is 1. The molecule has 0 aliphatic heterocycles. The van der Waals surface area contributed by atoms with Gasteiger partial charge in [-0.05, 0) is 30.3 Å². The Kier molecular flexibility index (Phi) is 4.88. The SMILES string of the molecule is O=C(CO)Nc1cccc(NCc2coc(-c3ccccc3)n2)c1. The zero-order valence-electron chi connectivity index (χ0n) is 12.9. The normalized spacial score (nSPS) is 10.4. The number of benzene rings is 2. The zero-order chi connectivity index (χ0) is 16.8. The van der Waals surface area contributed by atoms with Crippen LogP contribution in [0.15, 0.2) is 65.3 Å². The molecule has 6 heteroatoms. The molecule has 1 aromatic heterocycles. The summed E-state index contributed by atoms with van der Waals surface area (Å²) < 4.78 is 5.49. The number of anilines is 2. The summed E-state index contributed by atoms with van der Waals surface area (Å²) in [6.07, 6.45) is 1.62. The summed E-state index contributed by atoms with van der Waals surface area (Å²) in [6.45, 7) is -0.0490. The van der Waals surface area contributed by atoms with Crippen LogP contribution in [0.3, 0.4) is 0 Å². The second-order valence-electron chi connectivity index (χ2n) is 5.15. The molecule has 0 aliphatic carbocycles. The third-order valence-corrected chi connectivity index (χ3v) is 3.34. The average Bonchev–Trinajstić information content (AvgIpc) is 3.10. The minimum atomic E-state index is -0.543. The first-order chi connectivity index (χ1) is 11.7. The molecule has 0 spiro atoms. The second-order valence-corrected chi connectivity index (χ2v) is 5.15. The molecule has 0 radical (unpaired) electrons. The van der Waals surface area contributed by atoms with Crippen molar-refractivity contribution in [3.8, 4) is 11.5 Å². The molecule has 0 bridgehead atoms. The lowest BCUT2D eigenvalue weighted by atomic mass is 10.2. The molecule has 0 unspecified atom stereocenters. The third-order valence-electron chi connectivity index (χ3n) is 3.34. The van der Waals surface area contributed by atoms with E-state index >= 15 is 0 Å². The summed E-state index contributed by atoms with van der Waals surface area (Å²) >= 11 is 0. The van der Waals surface area contributed by atoms with Gasteiger partial charge in [-0.15, -0.1) is 0 Å². The molecule has 3 N–H and O–H groups in total. The number of nitrogens with zero attached hydrogens (tertiary/aromatic N) is 1. The Morgan fingerprint density at radius 2 is 1.88 bits per heavy atom. The van der Waals surface area contributed by atoms with E-state index in [1.165, 1.54) is 0 Å². The molecule has 1 heterocycles. The van der Waals surface area contributed by atoms with Gasteiger partial charge in [0, 0.05) is 16.9 Å². The van der Waals surface area contributed by atoms with Crippen LogP contribution in [-0.4, -0.2) is 22.6 Å². The van der Waals surface area contributed by atoms with Gasteiger partial charge in [-0.25, -0.2) is 4.98 Å². The predicted octanol–water partition coefficient (Wildman–Crippen LogP) is 2.88. The van der Waals surface area contributed by atoms with Crippen molar-refractivity contribution in [2.24, 2.45) is 0 Å². The first kappa shape index (κ1) is 15.8. The molecule has 3 rings (SSSR count). The summed E-state index contributed by atoms with van der Waals surface area (Å²) in [5, 5.41) is 14.6. The number of hydrogen-bond acceptors (Lipinski definition) is 5. The number of hydrogen-bond donors (Lipinski definition) is 3. The Morgan fingerprint density at radius 3 is 2.67 bits per heavy atom. The van der Waals surface area contributed by atoms with Gasteiger partial charge in [0.25, 0.3) is 0 Å². The van der Waals surface area contributed by atoms with Crippen molar-refractivity contribution in [2.75, 3.05) is 17.2 Å². The first-order valence-corrected chi connectivity index (χ1v) is 7.49. The number of aliphatic hydroxyl groups excluding tert-OH is 1. The molecule has 0 aliphatic rings. The minimum absolute atomic E-state index is 0.448. The van der Waals surface area contributed by atoms with Gasteiger partial charge in [-0.3, -0.25) is 4.79 Å². The first-order valence-electron chi connectivity index (χ1n) is 7.49. The van der Waals surface area contributed by atoms with Crippen LogP contribution in [0.4, 0.5) is 11.4 Å². The Balaban J connectivity index is 1.63. The minimum Gasteiger partial charge on any atom is -0.444 e. The summed E-state index contributed by atoms with van der Waals surface area (Å²) in [5.74, 6) is 0.132. The maximum atomic E-state index is 11.2. The van der Waals surface area contributed by atoms with Gasteiger partial charge in [0.15, 0.2) is 0 Å². The van der Waals surface area contributed by atoms with Crippen molar-refractivity contribution >= 4 is 17.3 Å². The highest BCUT2D eigenvalue weighted by atomic mass is 16.3. The van der Waals surface area contributed by atoms with E-state index in [0.29, 0.717) is 18.1 Å². The third kappa shape index (κ3) is 3.99. The fraction of sp³-hybridized carbons (Fsp3) is 0.111. The summed E-state index contributed by atoms with van der Waals surface area (Å²) in [7, 11) is 0. The van der Waals surface area contributed by atoms with Crippen molar-refractivity contribution in [1.82, 2.24) is 4.98 Å². The number of oxazole rings is 1. The monoisotopic (exact) mass is 323 g/mol. The Labute approximate surface area is 139 Å². The highest BCUT2D eigenvalue weighted by Crippen LogP contribution is 2.19. The Morgan fingerprint density at radius 1 is 1.08 bits per heavy atom. The lowest BCUT2D eigenvalue weighted by molar-refractivity contribution is -0.118. The van der Waals surface area contributed by atoms with Crippen molar-refractivity contribution in [1.29, 1.82) is 0 Å². The van der Waals surface area contributed by atoms with Gasteiger partial charge in [0.05, 0.1) is 12.2 Å². The van der Waals surface area contributed by atoms with Gasteiger partial charge >= 0.3 is 0 Å². The number of aromatic nitrogens is 1. The van der Waals surface area contributed by atoms with Crippen LogP contribution >= 0.6 is 0 Å². The van der Waals surface area contributed by atoms with Crippen LogP contribution in [-0.2, 0) is 11.3 Å². The number of nitrogens with one attached hydrogen (secondary N) is 2. The van der Waals surface area contributed by atoms with E-state index in [9.17, 15) is 4.79 Å². The molecule has 2 aromatic carbocycles. The van der Waals surface area contributed by atoms with Gasteiger partial charge in [-0.2, -0.15) is 0 Å². The summed E-state index contributed by atoms with van der Waals surface area (Å²) in [6, 6.07) is 16.9. The van der Waals surface area contributed by atoms with E-state index < -0.39 is 12.5 Å². The van der Waals surface area contributed by atoms with Gasteiger partial charge < -0.3 is 20.2 Å². The Bertz CT molecular complexity index is 815. The molecular formula is C18H17N3O3. The fourth-order valence-electron chi connectivity index (χ4n) is 2.20. The van der Waals surface area contributed by atoms with Crippen LogP contribution < -0.4 is 10.6 Å². The van der Waals surface area contributed by atoms with E-state index in [0.717, 1.165) is 16.9 Å².